The van der Waals surface area contributed by atoms with Crippen LogP contribution in [-0.2, 0) is 0 Å². The van der Waals surface area contributed by atoms with Crippen molar-refractivity contribution in [2.24, 2.45) is 0 Å². The van der Waals surface area contributed by atoms with Crippen LogP contribution in [0.1, 0.15) is 47.0 Å². The highest BCUT2D eigenvalue weighted by molar-refractivity contribution is 8.00. The first-order valence-corrected chi connectivity index (χ1v) is 6.81. The van der Waals surface area contributed by atoms with Crippen molar-refractivity contribution in [1.29, 1.82) is 0 Å². The molecule has 2 N–H and O–H groups in total. The van der Waals surface area contributed by atoms with Gasteiger partial charge in [-0.15, -0.1) is 0 Å². The first-order chi connectivity index (χ1) is 6.89. The van der Waals surface area contributed by atoms with Crippen LogP contribution in [0.3, 0.4) is 0 Å². The molecule has 0 aliphatic heterocycles. The maximum absolute atomic E-state index is 9.37. The van der Waals surface area contributed by atoms with Gasteiger partial charge in [0.1, 0.15) is 0 Å². The summed E-state index contributed by atoms with van der Waals surface area (Å²) in [6, 6.07) is 0. The third-order valence-electron chi connectivity index (χ3n) is 2.84. The summed E-state index contributed by atoms with van der Waals surface area (Å²) in [5.74, 6) is 1.17. The van der Waals surface area contributed by atoms with Gasteiger partial charge in [0.05, 0.1) is 6.61 Å². The van der Waals surface area contributed by atoms with Gasteiger partial charge in [0.25, 0.3) is 0 Å². The Morgan fingerprint density at radius 2 is 1.87 bits per heavy atom. The summed E-state index contributed by atoms with van der Waals surface area (Å²) in [6.45, 7) is 9.10. The molecule has 92 valence electrons. The number of hydrogen-bond acceptors (Lipinski definition) is 3. The van der Waals surface area contributed by atoms with Gasteiger partial charge in [-0.05, 0) is 32.1 Å². The second-order valence-corrected chi connectivity index (χ2v) is 7.03. The minimum absolute atomic E-state index is 0.0571. The molecule has 15 heavy (non-hydrogen) atoms. The maximum Gasteiger partial charge on any atom is 0.0613 e. The average molecular weight is 233 g/mol. The number of rotatable bonds is 7. The predicted octanol–water partition coefficient (Wildman–Crippen LogP) is 2.66. The SMILES string of the molecule is CCC(CO)(CCCSC(C)(C)C)NC. The summed E-state index contributed by atoms with van der Waals surface area (Å²) in [4.78, 5) is 0. The first kappa shape index (κ1) is 15.3. The summed E-state index contributed by atoms with van der Waals surface area (Å²) in [6.07, 6.45) is 3.21. The third-order valence-corrected chi connectivity index (χ3v) is 4.20. The van der Waals surface area contributed by atoms with E-state index in [1.807, 2.05) is 18.8 Å². The van der Waals surface area contributed by atoms with Crippen LogP contribution < -0.4 is 5.32 Å². The number of nitrogens with one attached hydrogen (secondary N) is 1. The maximum atomic E-state index is 9.37. The van der Waals surface area contributed by atoms with Crippen LogP contribution in [0.2, 0.25) is 0 Å². The fourth-order valence-corrected chi connectivity index (χ4v) is 2.44. The largest absolute Gasteiger partial charge is 0.394 e. The van der Waals surface area contributed by atoms with Crippen molar-refractivity contribution in [1.82, 2.24) is 5.32 Å². The van der Waals surface area contributed by atoms with Gasteiger partial charge >= 0.3 is 0 Å². The van der Waals surface area contributed by atoms with Gasteiger partial charge in [-0.1, -0.05) is 27.7 Å². The van der Waals surface area contributed by atoms with Crippen molar-refractivity contribution in [2.45, 2.75) is 57.2 Å². The smallest absolute Gasteiger partial charge is 0.0613 e. The van der Waals surface area contributed by atoms with Gasteiger partial charge in [0.15, 0.2) is 0 Å². The first-order valence-electron chi connectivity index (χ1n) is 5.83. The molecule has 0 aromatic heterocycles. The monoisotopic (exact) mass is 233 g/mol. The Kier molecular flexibility index (Phi) is 6.89. The number of aliphatic hydroxyl groups excluding tert-OH is 1. The quantitative estimate of drug-likeness (QED) is 0.663. The van der Waals surface area contributed by atoms with Crippen LogP contribution in [0, 0.1) is 0 Å². The molecule has 0 spiro atoms. The van der Waals surface area contributed by atoms with E-state index in [1.54, 1.807) is 0 Å². The predicted molar refractivity (Wildman–Crippen MR) is 70.6 cm³/mol. The second kappa shape index (κ2) is 6.77. The summed E-state index contributed by atoms with van der Waals surface area (Å²) in [7, 11) is 1.94. The lowest BCUT2D eigenvalue weighted by atomic mass is 9.92. The minimum atomic E-state index is -0.0571. The van der Waals surface area contributed by atoms with Crippen molar-refractivity contribution in [2.75, 3.05) is 19.4 Å². The highest BCUT2D eigenvalue weighted by Gasteiger charge is 2.24. The number of aliphatic hydroxyl groups is 1. The van der Waals surface area contributed by atoms with Crippen molar-refractivity contribution < 1.29 is 5.11 Å². The molecule has 1 unspecified atom stereocenters. The molecule has 0 amide bonds. The number of thioether (sulfide) groups is 1. The molecule has 0 aliphatic rings. The molecule has 0 aromatic rings. The molecule has 1 atom stereocenters. The van der Waals surface area contributed by atoms with E-state index < -0.39 is 0 Å². The average Bonchev–Trinajstić information content (AvgIpc) is 2.18. The standard InChI is InChI=1S/C12H27NOS/c1-6-12(10-14,13-5)8-7-9-15-11(2,3)4/h13-14H,6-10H2,1-5H3. The zero-order valence-corrected chi connectivity index (χ0v) is 11.7. The molecular weight excluding hydrogens is 206 g/mol. The molecule has 0 radical (unpaired) electrons. The van der Waals surface area contributed by atoms with Crippen LogP contribution in [-0.4, -0.2) is 34.8 Å². The van der Waals surface area contributed by atoms with Crippen molar-refractivity contribution in [3.05, 3.63) is 0 Å². The molecule has 0 saturated carbocycles. The highest BCUT2D eigenvalue weighted by Crippen LogP contribution is 2.26. The molecule has 0 rings (SSSR count). The van der Waals surface area contributed by atoms with Gasteiger partial charge < -0.3 is 10.4 Å². The molecule has 2 nitrogen and oxygen atoms in total. The zero-order chi connectivity index (χ0) is 11.9. The third kappa shape index (κ3) is 6.44. The zero-order valence-electron chi connectivity index (χ0n) is 10.9. The molecule has 0 saturated heterocycles. The van der Waals surface area contributed by atoms with E-state index >= 15 is 0 Å². The van der Waals surface area contributed by atoms with Crippen LogP contribution in [0.5, 0.6) is 0 Å². The molecule has 0 aliphatic carbocycles. The molecule has 0 bridgehead atoms. The van der Waals surface area contributed by atoms with E-state index in [4.69, 9.17) is 0 Å². The summed E-state index contributed by atoms with van der Waals surface area (Å²) in [5.41, 5.74) is -0.0571. The molecule has 3 heteroatoms. The summed E-state index contributed by atoms with van der Waals surface area (Å²) < 4.78 is 0.355. The molecular formula is C12H27NOS. The lowest BCUT2D eigenvalue weighted by molar-refractivity contribution is 0.154. The molecule has 0 heterocycles. The van der Waals surface area contributed by atoms with E-state index in [-0.39, 0.29) is 12.1 Å². The second-order valence-electron chi connectivity index (χ2n) is 5.11. The fourth-order valence-electron chi connectivity index (χ4n) is 1.54. The summed E-state index contributed by atoms with van der Waals surface area (Å²) in [5, 5.41) is 12.6. The van der Waals surface area contributed by atoms with E-state index in [0.29, 0.717) is 4.75 Å². The lowest BCUT2D eigenvalue weighted by Crippen LogP contribution is -2.45. The van der Waals surface area contributed by atoms with Gasteiger partial charge in [0.2, 0.25) is 0 Å². The fraction of sp³-hybridized carbons (Fsp3) is 1.00. The van der Waals surface area contributed by atoms with Crippen LogP contribution >= 0.6 is 11.8 Å². The normalized spacial score (nSPS) is 16.4. The Morgan fingerprint density at radius 1 is 1.27 bits per heavy atom. The van der Waals surface area contributed by atoms with Crippen LogP contribution in [0.4, 0.5) is 0 Å². The Balaban J connectivity index is 3.82. The number of likely N-dealkylation sites (N-methyl/N-ethyl adjacent to an activating group) is 1. The Labute approximate surface area is 99.2 Å². The van der Waals surface area contributed by atoms with Gasteiger partial charge in [-0.3, -0.25) is 0 Å². The van der Waals surface area contributed by atoms with Gasteiger partial charge in [0, 0.05) is 10.3 Å². The number of hydrogen-bond donors (Lipinski definition) is 2. The van der Waals surface area contributed by atoms with E-state index in [0.717, 1.165) is 19.3 Å². The van der Waals surface area contributed by atoms with Gasteiger partial charge in [-0.25, -0.2) is 0 Å². The van der Waals surface area contributed by atoms with Crippen LogP contribution in [0.15, 0.2) is 0 Å². The topological polar surface area (TPSA) is 32.3 Å². The molecule has 0 fully saturated rings. The van der Waals surface area contributed by atoms with E-state index in [2.05, 4.69) is 33.0 Å². The lowest BCUT2D eigenvalue weighted by Gasteiger charge is -2.30. The van der Waals surface area contributed by atoms with E-state index in [1.165, 1.54) is 5.75 Å². The van der Waals surface area contributed by atoms with Crippen LogP contribution in [0.25, 0.3) is 0 Å². The minimum Gasteiger partial charge on any atom is -0.394 e. The Hall–Kier alpha value is 0.270. The Bertz CT molecular complexity index is 153. The Morgan fingerprint density at radius 3 is 2.20 bits per heavy atom. The highest BCUT2D eigenvalue weighted by atomic mass is 32.2. The van der Waals surface area contributed by atoms with Crippen molar-refractivity contribution in [3.63, 3.8) is 0 Å². The van der Waals surface area contributed by atoms with E-state index in [9.17, 15) is 5.11 Å². The van der Waals surface area contributed by atoms with Crippen molar-refractivity contribution in [3.8, 4) is 0 Å². The molecule has 0 aromatic carbocycles. The van der Waals surface area contributed by atoms with Gasteiger partial charge in [-0.2, -0.15) is 11.8 Å². The summed E-state index contributed by atoms with van der Waals surface area (Å²) >= 11 is 2.00. The van der Waals surface area contributed by atoms with Crippen molar-refractivity contribution >= 4 is 11.8 Å².